The Labute approximate surface area is 280 Å². The van der Waals surface area contributed by atoms with E-state index in [1.807, 2.05) is 0 Å². The third-order valence-corrected chi connectivity index (χ3v) is 8.00. The lowest BCUT2D eigenvalue weighted by molar-refractivity contribution is -0.0608. The van der Waals surface area contributed by atoms with E-state index in [0.717, 1.165) is 49.9 Å². The summed E-state index contributed by atoms with van der Waals surface area (Å²) >= 11 is 0. The van der Waals surface area contributed by atoms with E-state index in [0.29, 0.717) is 29.9 Å². The summed E-state index contributed by atoms with van der Waals surface area (Å²) in [7, 11) is -4.72. The third kappa shape index (κ3) is 11.6. The highest BCUT2D eigenvalue weighted by Crippen LogP contribution is 2.30. The normalized spacial score (nSPS) is 12.9. The van der Waals surface area contributed by atoms with Gasteiger partial charge in [-0.1, -0.05) is 36.5 Å². The van der Waals surface area contributed by atoms with Crippen molar-refractivity contribution in [2.75, 3.05) is 19.8 Å². The summed E-state index contributed by atoms with van der Waals surface area (Å²) in [5, 5.41) is 13.9. The van der Waals surface area contributed by atoms with Crippen LogP contribution in [0, 0.1) is 13.8 Å². The molecule has 0 saturated heterocycles. The molecule has 49 heavy (non-hydrogen) atoms. The predicted molar refractivity (Wildman–Crippen MR) is 169 cm³/mol. The van der Waals surface area contributed by atoms with Crippen LogP contribution in [-0.2, 0) is 14.4 Å². The summed E-state index contributed by atoms with van der Waals surface area (Å²) in [6.07, 6.45) is -5.64. The van der Waals surface area contributed by atoms with Crippen molar-refractivity contribution in [1.82, 2.24) is 0 Å². The van der Waals surface area contributed by atoms with Crippen LogP contribution in [0.5, 0.6) is 17.2 Å². The van der Waals surface area contributed by atoms with Crippen molar-refractivity contribution in [2.24, 2.45) is 10.3 Å². The molecule has 0 atom stereocenters. The fourth-order valence-electron chi connectivity index (χ4n) is 4.52. The number of hydrogen-bond acceptors (Lipinski definition) is 9. The molecular weight excluding hydrogens is 682 g/mol. The molecule has 0 spiro atoms. The number of unbranched alkanes of at least 4 members (excludes halogenated alkanes) is 3. The van der Waals surface area contributed by atoms with Gasteiger partial charge in [0.1, 0.15) is 22.1 Å². The Hall–Kier alpha value is -4.47. The van der Waals surface area contributed by atoms with Crippen molar-refractivity contribution < 1.29 is 58.5 Å². The van der Waals surface area contributed by atoms with Crippen LogP contribution in [0.15, 0.2) is 75.9 Å². The number of benzene rings is 3. The summed E-state index contributed by atoms with van der Waals surface area (Å²) in [5.41, 5.74) is -2.89. The quantitative estimate of drug-likeness (QED) is 0.0489. The Morgan fingerprint density at radius 3 is 1.61 bits per heavy atom. The minimum atomic E-state index is -5.06. The van der Waals surface area contributed by atoms with Crippen LogP contribution in [0.2, 0.25) is 0 Å². The van der Waals surface area contributed by atoms with E-state index in [4.69, 9.17) is 19.4 Å². The first-order valence-electron chi connectivity index (χ1n) is 15.2. The van der Waals surface area contributed by atoms with E-state index < -0.39 is 39.5 Å². The Morgan fingerprint density at radius 2 is 1.16 bits per heavy atom. The van der Waals surface area contributed by atoms with Gasteiger partial charge in [0.2, 0.25) is 0 Å². The highest BCUT2D eigenvalue weighted by Gasteiger charge is 2.39. The zero-order chi connectivity index (χ0) is 36.2. The molecule has 0 aliphatic heterocycles. The van der Waals surface area contributed by atoms with Gasteiger partial charge >= 0.3 is 22.5 Å². The lowest BCUT2D eigenvalue weighted by Gasteiger charge is -2.14. The van der Waals surface area contributed by atoms with Crippen LogP contribution in [-0.4, -0.2) is 57.2 Å². The molecule has 0 saturated carbocycles. The number of rotatable bonds is 17. The minimum absolute atomic E-state index is 0.0793. The molecule has 0 unspecified atom stereocenters. The van der Waals surface area contributed by atoms with Gasteiger partial charge in [-0.2, -0.15) is 34.8 Å². The Bertz CT molecular complexity index is 1670. The molecule has 0 bridgehead atoms. The maximum absolute atomic E-state index is 13.9. The second-order valence-corrected chi connectivity index (χ2v) is 12.3. The molecule has 16 heteroatoms. The first-order valence-corrected chi connectivity index (χ1v) is 16.6. The van der Waals surface area contributed by atoms with Gasteiger partial charge in [-0.3, -0.25) is 4.28 Å². The molecule has 3 rings (SSSR count). The Balaban J connectivity index is 1.58. The summed E-state index contributed by atoms with van der Waals surface area (Å²) in [6, 6.07) is 11.8. The van der Waals surface area contributed by atoms with Gasteiger partial charge in [0, 0.05) is 17.5 Å². The average molecular weight is 719 g/mol. The number of halogens is 6. The smallest absolute Gasteiger partial charge is 0.437 e. The summed E-state index contributed by atoms with van der Waals surface area (Å²) in [4.78, 5) is -0.373. The van der Waals surface area contributed by atoms with Gasteiger partial charge in [-0.05, 0) is 92.1 Å². The fraction of sp³-hybridized carbons (Fsp3) is 0.394. The fourth-order valence-corrected chi connectivity index (χ4v) is 5.42. The van der Waals surface area contributed by atoms with Crippen molar-refractivity contribution in [3.05, 3.63) is 82.9 Å². The van der Waals surface area contributed by atoms with Crippen molar-refractivity contribution in [1.29, 1.82) is 0 Å². The number of oxime groups is 2. The predicted octanol–water partition coefficient (Wildman–Crippen LogP) is 8.52. The lowest BCUT2D eigenvalue weighted by atomic mass is 10.1. The first-order chi connectivity index (χ1) is 23.1. The summed E-state index contributed by atoms with van der Waals surface area (Å²) < 4.78 is 127. The van der Waals surface area contributed by atoms with Crippen molar-refractivity contribution >= 4 is 21.5 Å². The van der Waals surface area contributed by atoms with Crippen molar-refractivity contribution in [3.63, 3.8) is 0 Å². The minimum Gasteiger partial charge on any atom is -0.493 e. The zero-order valence-corrected chi connectivity index (χ0v) is 27.7. The molecule has 0 aliphatic rings. The molecule has 1 N–H and O–H groups in total. The molecule has 0 amide bonds. The van der Waals surface area contributed by atoms with Crippen LogP contribution in [0.3, 0.4) is 0 Å². The molecule has 0 aliphatic carbocycles. The Kier molecular flexibility index (Phi) is 13.7. The maximum atomic E-state index is 13.9. The molecule has 0 fully saturated rings. The number of alkyl halides is 6. The number of hydrogen-bond donors (Lipinski definition) is 1. The summed E-state index contributed by atoms with van der Waals surface area (Å²) in [6.45, 7) is 5.96. The molecule has 3 aromatic carbocycles. The van der Waals surface area contributed by atoms with Gasteiger partial charge in [0.05, 0.1) is 19.8 Å². The average Bonchev–Trinajstić information content (AvgIpc) is 3.02. The summed E-state index contributed by atoms with van der Waals surface area (Å²) in [5.74, 6) is 0.946. The largest absolute Gasteiger partial charge is 0.493 e. The Morgan fingerprint density at radius 1 is 0.694 bits per heavy atom. The van der Waals surface area contributed by atoms with Crippen LogP contribution < -0.4 is 14.2 Å². The van der Waals surface area contributed by atoms with Crippen molar-refractivity contribution in [2.45, 2.75) is 70.1 Å². The van der Waals surface area contributed by atoms with Gasteiger partial charge in [-0.25, -0.2) is 0 Å². The lowest BCUT2D eigenvalue weighted by Crippen LogP contribution is -2.25. The van der Waals surface area contributed by atoms with E-state index in [-0.39, 0.29) is 35.2 Å². The molecule has 0 heterocycles. The topological polar surface area (TPSA) is 116 Å². The van der Waals surface area contributed by atoms with Gasteiger partial charge < -0.3 is 19.4 Å². The van der Waals surface area contributed by atoms with E-state index in [1.54, 1.807) is 13.8 Å². The monoisotopic (exact) mass is 718 g/mol. The first kappa shape index (κ1) is 39.0. The van der Waals surface area contributed by atoms with Gasteiger partial charge in [-0.15, -0.1) is 0 Å². The number of ether oxygens (including phenoxy) is 3. The number of aryl methyl sites for hydroxylation is 2. The molecule has 268 valence electrons. The highest BCUT2D eigenvalue weighted by molar-refractivity contribution is 7.86. The van der Waals surface area contributed by atoms with E-state index in [2.05, 4.69) is 21.5 Å². The molecule has 0 radical (unpaired) electrons. The van der Waals surface area contributed by atoms with E-state index >= 15 is 0 Å². The molecule has 3 aromatic rings. The van der Waals surface area contributed by atoms with E-state index in [1.165, 1.54) is 36.4 Å². The SMILES string of the molecule is CCCCCCOc1c(C)cc(S(=O)(=O)ON=C(c2ccc(OCCCOc3ccc(C(=NO)C(F)(F)F)cc3)cc2)C(F)(F)F)cc1C. The zero-order valence-electron chi connectivity index (χ0n) is 26.9. The molecule has 9 nitrogen and oxygen atoms in total. The van der Waals surface area contributed by atoms with Crippen LogP contribution in [0.25, 0.3) is 0 Å². The third-order valence-electron chi connectivity index (χ3n) is 6.91. The van der Waals surface area contributed by atoms with Crippen LogP contribution in [0.1, 0.15) is 61.3 Å². The van der Waals surface area contributed by atoms with Gasteiger partial charge in [0.15, 0.2) is 11.4 Å². The van der Waals surface area contributed by atoms with E-state index in [9.17, 15) is 34.8 Å². The standard InChI is InChI=1S/C33H36F6N2O7S/c1-4-5-6-7-17-47-29-22(2)20-28(21-23(29)3)49(43,44)48-41-31(33(37,38)39)25-11-15-27(16-12-25)46-19-8-18-45-26-13-9-24(10-14-26)30(40-42)32(34,35)36/h9-16,20-21,42H,4-8,17-19H2,1-3H3. The van der Waals surface area contributed by atoms with Crippen molar-refractivity contribution in [3.8, 4) is 17.2 Å². The van der Waals surface area contributed by atoms with Gasteiger partial charge in [0.25, 0.3) is 0 Å². The second kappa shape index (κ2) is 17.3. The highest BCUT2D eigenvalue weighted by atomic mass is 32.2. The maximum Gasteiger partial charge on any atom is 0.437 e. The van der Waals surface area contributed by atoms with Crippen LogP contribution >= 0.6 is 0 Å². The number of nitrogens with zero attached hydrogens (tertiary/aromatic N) is 2. The molecular formula is C33H36F6N2O7S. The molecule has 0 aromatic heterocycles. The second-order valence-electron chi connectivity index (χ2n) is 10.8. The van der Waals surface area contributed by atoms with Crippen LogP contribution in [0.4, 0.5) is 26.3 Å².